The lowest BCUT2D eigenvalue weighted by Crippen LogP contribution is -2.12. The summed E-state index contributed by atoms with van der Waals surface area (Å²) in [5, 5.41) is 10.00. The molecule has 0 unspecified atom stereocenters. The van der Waals surface area contributed by atoms with E-state index in [1.165, 1.54) is 0 Å². The average molecular weight is 358 g/mol. The minimum absolute atomic E-state index is 0.0154. The van der Waals surface area contributed by atoms with E-state index in [9.17, 15) is 4.79 Å². The normalized spacial score (nSPS) is 10.3. The van der Waals surface area contributed by atoms with E-state index >= 15 is 0 Å². The number of hydrogen-bond acceptors (Lipinski definition) is 2. The second-order valence-electron chi connectivity index (χ2n) is 3.93. The third-order valence-corrected chi connectivity index (χ3v) is 4.04. The van der Waals surface area contributed by atoms with Crippen LogP contribution in [0.2, 0.25) is 10.0 Å². The lowest BCUT2D eigenvalue weighted by molar-refractivity contribution is 1.13. The molecule has 0 amide bonds. The van der Waals surface area contributed by atoms with Crippen molar-refractivity contribution in [3.8, 4) is 17.2 Å². The first-order chi connectivity index (χ1) is 8.93. The fourth-order valence-electron chi connectivity index (χ4n) is 1.76. The Labute approximate surface area is 127 Å². The molecule has 0 spiro atoms. The van der Waals surface area contributed by atoms with Gasteiger partial charge in [-0.2, -0.15) is 5.26 Å². The molecule has 0 atom stereocenters. The Morgan fingerprint density at radius 2 is 1.95 bits per heavy atom. The molecule has 1 aromatic heterocycles. The Bertz CT molecular complexity index is 762. The minimum Gasteiger partial charge on any atom is -0.325 e. The van der Waals surface area contributed by atoms with Crippen LogP contribution in [-0.2, 0) is 0 Å². The molecule has 19 heavy (non-hydrogen) atoms. The van der Waals surface area contributed by atoms with Gasteiger partial charge in [0.1, 0.15) is 11.6 Å². The van der Waals surface area contributed by atoms with E-state index in [2.05, 4.69) is 20.9 Å². The van der Waals surface area contributed by atoms with Crippen LogP contribution in [0.25, 0.3) is 11.1 Å². The number of aryl methyl sites for hydroxylation is 1. The maximum absolute atomic E-state index is 11.8. The summed E-state index contributed by atoms with van der Waals surface area (Å²) < 4.78 is 0.610. The molecule has 2 rings (SSSR count). The van der Waals surface area contributed by atoms with Crippen molar-refractivity contribution in [3.05, 3.63) is 54.3 Å². The number of nitrogens with zero attached hydrogens (tertiary/aromatic N) is 1. The number of nitriles is 1. The number of pyridine rings is 1. The highest BCUT2D eigenvalue weighted by atomic mass is 79.9. The fourth-order valence-corrected chi connectivity index (χ4v) is 2.79. The van der Waals surface area contributed by atoms with Crippen LogP contribution in [0.4, 0.5) is 0 Å². The molecule has 0 fully saturated rings. The first-order valence-corrected chi connectivity index (χ1v) is 6.78. The molecule has 0 saturated carbocycles. The van der Waals surface area contributed by atoms with E-state index in [1.54, 1.807) is 25.1 Å². The van der Waals surface area contributed by atoms with Crippen molar-refractivity contribution in [1.82, 2.24) is 4.98 Å². The van der Waals surface area contributed by atoms with E-state index in [1.807, 2.05) is 6.07 Å². The Hall–Kier alpha value is -1.28. The first-order valence-electron chi connectivity index (χ1n) is 5.23. The molecule has 1 N–H and O–H groups in total. The molecular weight excluding hydrogens is 351 g/mol. The van der Waals surface area contributed by atoms with Gasteiger partial charge in [0.15, 0.2) is 0 Å². The summed E-state index contributed by atoms with van der Waals surface area (Å²) in [6.45, 7) is 1.74. The van der Waals surface area contributed by atoms with Gasteiger partial charge in [-0.1, -0.05) is 23.2 Å². The first kappa shape index (κ1) is 14.1. The Morgan fingerprint density at radius 1 is 1.26 bits per heavy atom. The third-order valence-electron chi connectivity index (χ3n) is 2.56. The SMILES string of the molecule is Cc1cc(-c2cc(Cl)cc(Br)c2Cl)c(C#N)c(=O)[nH]1. The summed E-state index contributed by atoms with van der Waals surface area (Å²) in [7, 11) is 0. The van der Waals surface area contributed by atoms with Crippen LogP contribution in [0.1, 0.15) is 11.3 Å². The fraction of sp³-hybridized carbons (Fsp3) is 0.0769. The van der Waals surface area contributed by atoms with Gasteiger partial charge >= 0.3 is 0 Å². The maximum Gasteiger partial charge on any atom is 0.266 e. The highest BCUT2D eigenvalue weighted by molar-refractivity contribution is 9.10. The minimum atomic E-state index is -0.440. The van der Waals surface area contributed by atoms with Crippen LogP contribution in [0, 0.1) is 18.3 Å². The lowest BCUT2D eigenvalue weighted by Gasteiger charge is -2.09. The number of H-pyrrole nitrogens is 1. The van der Waals surface area contributed by atoms with Crippen molar-refractivity contribution in [2.45, 2.75) is 6.92 Å². The molecular formula is C13H7BrCl2N2O. The zero-order valence-electron chi connectivity index (χ0n) is 9.72. The van der Waals surface area contributed by atoms with E-state index in [0.717, 1.165) is 0 Å². The molecule has 1 heterocycles. The Balaban J connectivity index is 2.87. The van der Waals surface area contributed by atoms with Gasteiger partial charge in [-0.3, -0.25) is 4.79 Å². The quantitative estimate of drug-likeness (QED) is 0.774. The molecule has 0 bridgehead atoms. The number of aromatic amines is 1. The summed E-state index contributed by atoms with van der Waals surface area (Å²) in [5.41, 5.74) is 1.24. The maximum atomic E-state index is 11.8. The molecule has 0 aliphatic rings. The predicted molar refractivity (Wildman–Crippen MR) is 79.7 cm³/mol. The van der Waals surface area contributed by atoms with Crippen molar-refractivity contribution >= 4 is 39.1 Å². The molecule has 0 radical (unpaired) electrons. The standard InChI is InChI=1S/C13H7BrCl2N2O/c1-6-2-8(10(5-17)13(19)18-6)9-3-7(15)4-11(14)12(9)16/h2-4H,1H3,(H,18,19). The molecule has 0 aliphatic carbocycles. The third kappa shape index (κ3) is 2.69. The largest absolute Gasteiger partial charge is 0.325 e. The van der Waals surface area contributed by atoms with Crippen LogP contribution < -0.4 is 5.56 Å². The van der Waals surface area contributed by atoms with Crippen LogP contribution >= 0.6 is 39.1 Å². The van der Waals surface area contributed by atoms with Crippen molar-refractivity contribution in [2.75, 3.05) is 0 Å². The van der Waals surface area contributed by atoms with Gasteiger partial charge in [-0.25, -0.2) is 0 Å². The van der Waals surface area contributed by atoms with Crippen LogP contribution in [0.15, 0.2) is 27.5 Å². The van der Waals surface area contributed by atoms with E-state index in [0.29, 0.717) is 31.3 Å². The summed E-state index contributed by atoms with van der Waals surface area (Å²) in [5.74, 6) is 0. The molecule has 6 heteroatoms. The monoisotopic (exact) mass is 356 g/mol. The van der Waals surface area contributed by atoms with Crippen LogP contribution in [0.3, 0.4) is 0 Å². The van der Waals surface area contributed by atoms with E-state index in [-0.39, 0.29) is 5.56 Å². The van der Waals surface area contributed by atoms with Gasteiger partial charge in [0.2, 0.25) is 0 Å². The van der Waals surface area contributed by atoms with Gasteiger partial charge in [-0.15, -0.1) is 0 Å². The van der Waals surface area contributed by atoms with Crippen LogP contribution in [0.5, 0.6) is 0 Å². The zero-order chi connectivity index (χ0) is 14.2. The van der Waals surface area contributed by atoms with Crippen molar-refractivity contribution in [3.63, 3.8) is 0 Å². The molecule has 96 valence electrons. The Morgan fingerprint density at radius 3 is 2.58 bits per heavy atom. The second kappa shape index (κ2) is 5.38. The second-order valence-corrected chi connectivity index (χ2v) is 5.60. The summed E-state index contributed by atoms with van der Waals surface area (Å²) in [6.07, 6.45) is 0. The molecule has 1 aromatic carbocycles. The van der Waals surface area contributed by atoms with Gasteiger partial charge < -0.3 is 4.98 Å². The van der Waals surface area contributed by atoms with Gasteiger partial charge in [0, 0.05) is 26.3 Å². The number of nitrogens with one attached hydrogen (secondary N) is 1. The number of halogens is 3. The summed E-state index contributed by atoms with van der Waals surface area (Å²) >= 11 is 15.5. The highest BCUT2D eigenvalue weighted by Crippen LogP contribution is 2.37. The average Bonchev–Trinajstić information content (AvgIpc) is 2.33. The van der Waals surface area contributed by atoms with Gasteiger partial charge in [0.05, 0.1) is 5.02 Å². The lowest BCUT2D eigenvalue weighted by atomic mass is 10.0. The van der Waals surface area contributed by atoms with Crippen molar-refractivity contribution < 1.29 is 0 Å². The number of benzene rings is 1. The smallest absolute Gasteiger partial charge is 0.266 e. The number of aromatic nitrogens is 1. The summed E-state index contributed by atoms with van der Waals surface area (Å²) in [4.78, 5) is 14.4. The number of hydrogen-bond donors (Lipinski definition) is 1. The highest BCUT2D eigenvalue weighted by Gasteiger charge is 2.15. The predicted octanol–water partition coefficient (Wildman–Crippen LogP) is 4.29. The van der Waals surface area contributed by atoms with Crippen molar-refractivity contribution in [1.29, 1.82) is 5.26 Å². The molecule has 2 aromatic rings. The van der Waals surface area contributed by atoms with Gasteiger partial charge in [0.25, 0.3) is 5.56 Å². The van der Waals surface area contributed by atoms with Crippen molar-refractivity contribution in [2.24, 2.45) is 0 Å². The summed E-state index contributed by atoms with van der Waals surface area (Å²) in [6, 6.07) is 6.87. The zero-order valence-corrected chi connectivity index (χ0v) is 12.8. The van der Waals surface area contributed by atoms with E-state index in [4.69, 9.17) is 28.5 Å². The Kier molecular flexibility index (Phi) is 4.00. The molecule has 3 nitrogen and oxygen atoms in total. The molecule has 0 saturated heterocycles. The van der Waals surface area contributed by atoms with E-state index < -0.39 is 5.56 Å². The van der Waals surface area contributed by atoms with Crippen LogP contribution in [-0.4, -0.2) is 4.98 Å². The topological polar surface area (TPSA) is 56.6 Å². The molecule has 0 aliphatic heterocycles. The van der Waals surface area contributed by atoms with Gasteiger partial charge in [-0.05, 0) is 41.1 Å². The number of rotatable bonds is 1.